The molecule has 0 fully saturated rings. The largest absolute Gasteiger partial charge is 0.497 e. The molecule has 0 atom stereocenters. The highest BCUT2D eigenvalue weighted by Crippen LogP contribution is 2.17. The quantitative estimate of drug-likeness (QED) is 0.554. The van der Waals surface area contributed by atoms with Crippen LogP contribution in [0.25, 0.3) is 6.08 Å². The molecule has 0 bridgehead atoms. The van der Waals surface area contributed by atoms with Crippen LogP contribution >= 0.6 is 15.9 Å². The zero-order valence-corrected chi connectivity index (χ0v) is 16.5. The van der Waals surface area contributed by atoms with Gasteiger partial charge >= 0.3 is 0 Å². The lowest BCUT2D eigenvalue weighted by Crippen LogP contribution is -2.30. The van der Waals surface area contributed by atoms with Gasteiger partial charge in [0.1, 0.15) is 11.4 Å². The number of furan rings is 1. The number of ether oxygens (including phenoxy) is 1. The van der Waals surface area contributed by atoms with Crippen molar-refractivity contribution < 1.29 is 18.7 Å². The molecule has 1 aromatic heterocycles. The molecule has 142 valence electrons. The van der Waals surface area contributed by atoms with Gasteiger partial charge in [0.15, 0.2) is 5.76 Å². The monoisotopic (exact) mass is 440 g/mol. The maximum atomic E-state index is 12.8. The molecule has 3 rings (SSSR count). The molecule has 0 aliphatic rings. The molecule has 2 aromatic carbocycles. The number of hydrogen-bond donors (Lipinski definition) is 2. The lowest BCUT2D eigenvalue weighted by Gasteiger charge is -2.11. The summed E-state index contributed by atoms with van der Waals surface area (Å²) in [4.78, 5) is 25.1. The van der Waals surface area contributed by atoms with Crippen LogP contribution in [0, 0.1) is 0 Å². The molecule has 0 radical (unpaired) electrons. The fourth-order valence-corrected chi connectivity index (χ4v) is 2.61. The Morgan fingerprint density at radius 1 is 1.04 bits per heavy atom. The van der Waals surface area contributed by atoms with Gasteiger partial charge in [-0.05, 0) is 60.2 Å². The predicted molar refractivity (Wildman–Crippen MR) is 110 cm³/mol. The van der Waals surface area contributed by atoms with Crippen LogP contribution in [0.2, 0.25) is 0 Å². The van der Waals surface area contributed by atoms with Gasteiger partial charge in [-0.1, -0.05) is 28.1 Å². The van der Waals surface area contributed by atoms with Crippen LogP contribution in [0.1, 0.15) is 16.1 Å². The number of carbonyl (C=O) groups is 2. The first-order valence-electron chi connectivity index (χ1n) is 8.32. The minimum absolute atomic E-state index is 0.0829. The third kappa shape index (κ3) is 5.11. The minimum Gasteiger partial charge on any atom is -0.497 e. The number of benzene rings is 2. The molecular weight excluding hydrogens is 424 g/mol. The summed E-state index contributed by atoms with van der Waals surface area (Å²) < 4.78 is 11.1. The predicted octanol–water partition coefficient (Wildman–Crippen LogP) is 4.46. The number of methoxy groups -OCH3 is 1. The topological polar surface area (TPSA) is 80.6 Å². The van der Waals surface area contributed by atoms with Crippen LogP contribution in [0.5, 0.6) is 5.75 Å². The highest BCUT2D eigenvalue weighted by atomic mass is 79.9. The van der Waals surface area contributed by atoms with Crippen molar-refractivity contribution in [2.45, 2.75) is 0 Å². The van der Waals surface area contributed by atoms with Crippen LogP contribution < -0.4 is 15.4 Å². The Morgan fingerprint density at radius 2 is 1.75 bits per heavy atom. The second-order valence-electron chi connectivity index (χ2n) is 5.72. The van der Waals surface area contributed by atoms with E-state index in [9.17, 15) is 9.59 Å². The molecule has 1 heterocycles. The standard InChI is InChI=1S/C21H17BrN2O4/c1-27-17-10-8-16(9-11-17)23-20(25)18(13-14-4-6-15(22)7-5-14)24-21(26)19-3-2-12-28-19/h2-13H,1H3,(H,23,25)(H,24,26)/b18-13+. The van der Waals surface area contributed by atoms with E-state index in [-0.39, 0.29) is 11.5 Å². The van der Waals surface area contributed by atoms with Gasteiger partial charge in [-0.3, -0.25) is 9.59 Å². The number of halogens is 1. The van der Waals surface area contributed by atoms with E-state index < -0.39 is 11.8 Å². The van der Waals surface area contributed by atoms with Crippen molar-refractivity contribution in [1.29, 1.82) is 0 Å². The summed E-state index contributed by atoms with van der Waals surface area (Å²) in [5.41, 5.74) is 1.40. The number of hydrogen-bond acceptors (Lipinski definition) is 4. The second kappa shape index (κ2) is 9.05. The SMILES string of the molecule is COc1ccc(NC(=O)/C(=C\c2ccc(Br)cc2)NC(=O)c2ccco2)cc1. The summed E-state index contributed by atoms with van der Waals surface area (Å²) >= 11 is 3.37. The molecule has 3 aromatic rings. The molecule has 2 amide bonds. The summed E-state index contributed by atoms with van der Waals surface area (Å²) in [6.07, 6.45) is 2.98. The van der Waals surface area contributed by atoms with Gasteiger partial charge in [-0.15, -0.1) is 0 Å². The summed E-state index contributed by atoms with van der Waals surface area (Å²) in [6, 6.07) is 17.3. The Hall–Kier alpha value is -3.32. The number of carbonyl (C=O) groups excluding carboxylic acids is 2. The normalized spacial score (nSPS) is 11.0. The number of rotatable bonds is 6. The molecule has 2 N–H and O–H groups in total. The van der Waals surface area contributed by atoms with Crippen molar-refractivity contribution in [3.63, 3.8) is 0 Å². The van der Waals surface area contributed by atoms with E-state index in [4.69, 9.17) is 9.15 Å². The van der Waals surface area contributed by atoms with Crippen LogP contribution in [0.15, 0.2) is 81.5 Å². The summed E-state index contributed by atoms with van der Waals surface area (Å²) in [5.74, 6) is -0.195. The highest BCUT2D eigenvalue weighted by molar-refractivity contribution is 9.10. The molecular formula is C21H17BrN2O4. The van der Waals surface area contributed by atoms with Crippen LogP contribution in [-0.4, -0.2) is 18.9 Å². The average molecular weight is 441 g/mol. The van der Waals surface area contributed by atoms with Gasteiger partial charge in [0.2, 0.25) is 0 Å². The van der Waals surface area contributed by atoms with Crippen LogP contribution in [0.4, 0.5) is 5.69 Å². The zero-order chi connectivity index (χ0) is 19.9. The van der Waals surface area contributed by atoms with Crippen LogP contribution in [-0.2, 0) is 4.79 Å². The number of nitrogens with one attached hydrogen (secondary N) is 2. The molecule has 6 nitrogen and oxygen atoms in total. The van der Waals surface area contributed by atoms with Gasteiger partial charge in [-0.25, -0.2) is 0 Å². The third-order valence-corrected chi connectivity index (χ3v) is 4.30. The molecule has 0 saturated carbocycles. The Labute approximate surface area is 170 Å². The first-order chi connectivity index (χ1) is 13.5. The maximum Gasteiger partial charge on any atom is 0.291 e. The van der Waals surface area contributed by atoms with Gasteiger partial charge in [0.05, 0.1) is 13.4 Å². The van der Waals surface area contributed by atoms with E-state index in [0.717, 1.165) is 10.0 Å². The van der Waals surface area contributed by atoms with E-state index in [1.807, 2.05) is 24.3 Å². The van der Waals surface area contributed by atoms with Crippen molar-refractivity contribution >= 4 is 39.5 Å². The van der Waals surface area contributed by atoms with E-state index >= 15 is 0 Å². The van der Waals surface area contributed by atoms with E-state index in [2.05, 4.69) is 26.6 Å². The van der Waals surface area contributed by atoms with Crippen molar-refractivity contribution in [3.8, 4) is 5.75 Å². The fourth-order valence-electron chi connectivity index (χ4n) is 2.35. The smallest absolute Gasteiger partial charge is 0.291 e. The molecule has 0 aliphatic heterocycles. The Bertz CT molecular complexity index is 978. The molecule has 0 spiro atoms. The van der Waals surface area contributed by atoms with E-state index in [1.54, 1.807) is 43.5 Å². The first-order valence-corrected chi connectivity index (χ1v) is 9.12. The first kappa shape index (κ1) is 19.4. The Balaban J connectivity index is 1.84. The average Bonchev–Trinajstić information content (AvgIpc) is 3.24. The molecule has 0 aliphatic carbocycles. The lowest BCUT2D eigenvalue weighted by molar-refractivity contribution is -0.113. The molecule has 28 heavy (non-hydrogen) atoms. The van der Waals surface area contributed by atoms with Gasteiger partial charge in [0.25, 0.3) is 11.8 Å². The Kier molecular flexibility index (Phi) is 6.29. The molecule has 0 unspecified atom stereocenters. The van der Waals surface area contributed by atoms with Crippen molar-refractivity contribution in [3.05, 3.63) is 88.4 Å². The van der Waals surface area contributed by atoms with Crippen molar-refractivity contribution in [2.24, 2.45) is 0 Å². The number of anilines is 1. The van der Waals surface area contributed by atoms with Crippen molar-refractivity contribution in [2.75, 3.05) is 12.4 Å². The summed E-state index contributed by atoms with van der Waals surface area (Å²) in [5, 5.41) is 5.36. The van der Waals surface area contributed by atoms with Crippen LogP contribution in [0.3, 0.4) is 0 Å². The number of amides is 2. The minimum atomic E-state index is -0.516. The van der Waals surface area contributed by atoms with Gasteiger partial charge in [0, 0.05) is 10.2 Å². The van der Waals surface area contributed by atoms with E-state index in [1.165, 1.54) is 12.3 Å². The summed E-state index contributed by atoms with van der Waals surface area (Å²) in [7, 11) is 1.57. The second-order valence-corrected chi connectivity index (χ2v) is 6.64. The van der Waals surface area contributed by atoms with E-state index in [0.29, 0.717) is 11.4 Å². The lowest BCUT2D eigenvalue weighted by atomic mass is 10.2. The highest BCUT2D eigenvalue weighted by Gasteiger charge is 2.16. The van der Waals surface area contributed by atoms with Crippen molar-refractivity contribution in [1.82, 2.24) is 5.32 Å². The molecule has 7 heteroatoms. The molecule has 0 saturated heterocycles. The maximum absolute atomic E-state index is 12.8. The summed E-state index contributed by atoms with van der Waals surface area (Å²) in [6.45, 7) is 0. The third-order valence-electron chi connectivity index (χ3n) is 3.77. The van der Waals surface area contributed by atoms with Gasteiger partial charge in [-0.2, -0.15) is 0 Å². The fraction of sp³-hybridized carbons (Fsp3) is 0.0476. The Morgan fingerprint density at radius 3 is 2.36 bits per heavy atom. The van der Waals surface area contributed by atoms with Gasteiger partial charge < -0.3 is 19.8 Å². The zero-order valence-electron chi connectivity index (χ0n) is 14.9.